The van der Waals surface area contributed by atoms with Crippen LogP contribution >= 0.6 is 24.0 Å². The van der Waals surface area contributed by atoms with Crippen LogP contribution in [0.1, 0.15) is 32.8 Å². The van der Waals surface area contributed by atoms with Gasteiger partial charge in [-0.05, 0) is 44.8 Å². The highest BCUT2D eigenvalue weighted by molar-refractivity contribution is 7.98. The van der Waals surface area contributed by atoms with Gasteiger partial charge < -0.3 is 20.1 Å². The first-order valence-corrected chi connectivity index (χ1v) is 10.5. The Morgan fingerprint density at radius 2 is 1.89 bits per heavy atom. The van der Waals surface area contributed by atoms with Gasteiger partial charge in [0, 0.05) is 0 Å². The minimum Gasteiger partial charge on any atom is -0.460 e. The minimum atomic E-state index is -0.593. The highest BCUT2D eigenvalue weighted by Crippen LogP contribution is 2.08. The van der Waals surface area contributed by atoms with Gasteiger partial charge in [-0.3, -0.25) is 4.79 Å². The number of carbonyl (C=O) groups is 2. The van der Waals surface area contributed by atoms with Crippen molar-refractivity contribution in [3.8, 4) is 0 Å². The van der Waals surface area contributed by atoms with Crippen molar-refractivity contribution in [1.82, 2.24) is 10.6 Å². The molecule has 1 aromatic rings. The average Bonchev–Trinajstić information content (AvgIpc) is 2.60. The lowest BCUT2D eigenvalue weighted by molar-refractivity contribution is -0.143. The van der Waals surface area contributed by atoms with Gasteiger partial charge >= 0.3 is 12.1 Å². The maximum atomic E-state index is 12.0. The van der Waals surface area contributed by atoms with Crippen molar-refractivity contribution in [1.29, 1.82) is 0 Å². The maximum absolute atomic E-state index is 12.0. The minimum absolute atomic E-state index is 0.0581. The molecule has 1 atom stereocenters. The number of hydrogen-bond donors (Lipinski definition) is 2. The number of amides is 1. The van der Waals surface area contributed by atoms with Crippen LogP contribution < -0.4 is 10.6 Å². The Balaban J connectivity index is 2.47. The number of rotatable bonds is 9. The first kappa shape index (κ1) is 23.2. The fourth-order valence-corrected chi connectivity index (χ4v) is 2.75. The van der Waals surface area contributed by atoms with Crippen molar-refractivity contribution < 1.29 is 19.1 Å². The number of hydrogen-bond acceptors (Lipinski definition) is 6. The van der Waals surface area contributed by atoms with Crippen molar-refractivity contribution in [3.05, 3.63) is 35.9 Å². The molecule has 1 amide bonds. The van der Waals surface area contributed by atoms with E-state index >= 15 is 0 Å². The first-order chi connectivity index (χ1) is 12.7. The molecule has 0 fully saturated rings. The summed E-state index contributed by atoms with van der Waals surface area (Å²) in [6, 6.07) is 9.02. The summed E-state index contributed by atoms with van der Waals surface area (Å²) in [5.74, 6) is 0.392. The van der Waals surface area contributed by atoms with Crippen molar-refractivity contribution in [3.63, 3.8) is 0 Å². The normalized spacial score (nSPS) is 12.0. The summed E-state index contributed by atoms with van der Waals surface area (Å²) in [5.41, 5.74) is 0.322. The topological polar surface area (TPSA) is 76.7 Å². The van der Waals surface area contributed by atoms with E-state index in [2.05, 4.69) is 10.6 Å². The van der Waals surface area contributed by atoms with Gasteiger partial charge in [0.25, 0.3) is 0 Å². The molecule has 0 aliphatic heterocycles. The predicted molar refractivity (Wildman–Crippen MR) is 113 cm³/mol. The van der Waals surface area contributed by atoms with Gasteiger partial charge in [0.2, 0.25) is 0 Å². The van der Waals surface area contributed by atoms with Crippen molar-refractivity contribution in [2.75, 3.05) is 18.6 Å². The van der Waals surface area contributed by atoms with Gasteiger partial charge in [-0.1, -0.05) is 42.5 Å². The molecule has 1 rings (SSSR count). The Morgan fingerprint density at radius 1 is 1.22 bits per heavy atom. The molecule has 2 N–H and O–H groups in total. The Labute approximate surface area is 170 Å². The van der Waals surface area contributed by atoms with Crippen LogP contribution in [-0.2, 0) is 20.9 Å². The van der Waals surface area contributed by atoms with Crippen molar-refractivity contribution in [2.24, 2.45) is 0 Å². The molecule has 1 aromatic carbocycles. The smallest absolute Gasteiger partial charge is 0.408 e. The van der Waals surface area contributed by atoms with Gasteiger partial charge in [-0.2, -0.15) is 11.8 Å². The van der Waals surface area contributed by atoms with Gasteiger partial charge in [0.1, 0.15) is 18.8 Å². The molecule has 0 aliphatic rings. The number of nitrogens with one attached hydrogen (secondary N) is 2. The number of thioether (sulfide) groups is 1. The van der Waals surface area contributed by atoms with E-state index in [0.717, 1.165) is 11.3 Å². The van der Waals surface area contributed by atoms with Gasteiger partial charge in [0.15, 0.2) is 0 Å². The van der Waals surface area contributed by atoms with E-state index in [9.17, 15) is 9.59 Å². The SMILES string of the molecule is CSCCC(NC(=O)OC(C)(C)C)C(=S)NCC(=O)OCc1ccccc1. The molecule has 0 aliphatic carbocycles. The molecule has 0 saturated heterocycles. The van der Waals surface area contributed by atoms with Crippen LogP contribution in [0.4, 0.5) is 4.79 Å². The zero-order chi connectivity index (χ0) is 20.3. The number of ether oxygens (including phenoxy) is 2. The molecule has 0 spiro atoms. The molecule has 6 nitrogen and oxygen atoms in total. The van der Waals surface area contributed by atoms with Gasteiger partial charge in [-0.25, -0.2) is 4.79 Å². The maximum Gasteiger partial charge on any atom is 0.408 e. The number of alkyl carbamates (subject to hydrolysis) is 1. The summed E-state index contributed by atoms with van der Waals surface area (Å²) in [7, 11) is 0. The summed E-state index contributed by atoms with van der Waals surface area (Å²) < 4.78 is 10.5. The third-order valence-electron chi connectivity index (χ3n) is 3.27. The Morgan fingerprint density at radius 3 is 2.48 bits per heavy atom. The highest BCUT2D eigenvalue weighted by atomic mass is 32.2. The van der Waals surface area contributed by atoms with E-state index in [0.29, 0.717) is 11.4 Å². The van der Waals surface area contributed by atoms with E-state index in [4.69, 9.17) is 21.7 Å². The first-order valence-electron chi connectivity index (χ1n) is 8.67. The number of benzene rings is 1. The van der Waals surface area contributed by atoms with Gasteiger partial charge in [-0.15, -0.1) is 0 Å². The standard InChI is InChI=1S/C19H28N2O4S2/c1-19(2,3)25-18(23)21-15(10-11-27-4)17(26)20-12-16(22)24-13-14-8-6-5-7-9-14/h5-9,15H,10-13H2,1-4H3,(H,20,26)(H,21,23). The third-order valence-corrected chi connectivity index (χ3v) is 4.34. The van der Waals surface area contributed by atoms with Crippen LogP contribution in [-0.4, -0.2) is 47.2 Å². The van der Waals surface area contributed by atoms with Crippen molar-refractivity contribution >= 4 is 41.0 Å². The van der Waals surface area contributed by atoms with Crippen LogP contribution in [0, 0.1) is 0 Å². The predicted octanol–water partition coefficient (Wildman–Crippen LogP) is 3.29. The second kappa shape index (κ2) is 11.8. The number of carbonyl (C=O) groups excluding carboxylic acids is 2. The van der Waals surface area contributed by atoms with E-state index in [1.165, 1.54) is 0 Å². The van der Waals surface area contributed by atoms with Crippen LogP contribution in [0.5, 0.6) is 0 Å². The third kappa shape index (κ3) is 10.8. The Hall–Kier alpha value is -1.80. The fourth-order valence-electron chi connectivity index (χ4n) is 2.03. The average molecular weight is 413 g/mol. The lowest BCUT2D eigenvalue weighted by Gasteiger charge is -2.24. The summed E-state index contributed by atoms with van der Waals surface area (Å²) in [5, 5.41) is 5.63. The van der Waals surface area contributed by atoms with Crippen molar-refractivity contribution in [2.45, 2.75) is 45.4 Å². The van der Waals surface area contributed by atoms with Crippen LogP contribution in [0.15, 0.2) is 30.3 Å². The second-order valence-corrected chi connectivity index (χ2v) is 8.27. The molecule has 27 heavy (non-hydrogen) atoms. The zero-order valence-electron chi connectivity index (χ0n) is 16.2. The largest absolute Gasteiger partial charge is 0.460 e. The molecular formula is C19H28N2O4S2. The van der Waals surface area contributed by atoms with E-state index < -0.39 is 23.7 Å². The lowest BCUT2D eigenvalue weighted by Crippen LogP contribution is -2.48. The quantitative estimate of drug-likeness (QED) is 0.476. The van der Waals surface area contributed by atoms with E-state index in [1.54, 1.807) is 32.5 Å². The second-order valence-electron chi connectivity index (χ2n) is 6.84. The lowest BCUT2D eigenvalue weighted by atomic mass is 10.2. The van der Waals surface area contributed by atoms with E-state index in [1.807, 2.05) is 36.6 Å². The Bertz CT molecular complexity index is 618. The fraction of sp³-hybridized carbons (Fsp3) is 0.526. The molecule has 8 heteroatoms. The molecule has 1 unspecified atom stereocenters. The Kier molecular flexibility index (Phi) is 10.2. The molecule has 0 saturated carbocycles. The molecular weight excluding hydrogens is 384 g/mol. The summed E-state index contributed by atoms with van der Waals surface area (Å²) >= 11 is 6.99. The number of esters is 1. The zero-order valence-corrected chi connectivity index (χ0v) is 17.9. The summed E-state index contributed by atoms with van der Waals surface area (Å²) in [6.07, 6.45) is 2.07. The monoisotopic (exact) mass is 412 g/mol. The molecule has 150 valence electrons. The number of thiocarbonyl (C=S) groups is 1. The van der Waals surface area contributed by atoms with Crippen LogP contribution in [0.3, 0.4) is 0 Å². The summed E-state index contributed by atoms with van der Waals surface area (Å²) in [6.45, 7) is 5.53. The van der Waals surface area contributed by atoms with E-state index in [-0.39, 0.29) is 13.2 Å². The molecule has 0 aromatic heterocycles. The molecule has 0 bridgehead atoms. The highest BCUT2D eigenvalue weighted by Gasteiger charge is 2.22. The van der Waals surface area contributed by atoms with Crippen LogP contribution in [0.2, 0.25) is 0 Å². The van der Waals surface area contributed by atoms with Crippen LogP contribution in [0.25, 0.3) is 0 Å². The summed E-state index contributed by atoms with van der Waals surface area (Å²) in [4.78, 5) is 24.3. The van der Waals surface area contributed by atoms with Gasteiger partial charge in [0.05, 0.1) is 11.0 Å². The molecule has 0 radical (unpaired) electrons. The molecule has 0 heterocycles.